The summed E-state index contributed by atoms with van der Waals surface area (Å²) in [5.74, 6) is 0. The van der Waals surface area contributed by atoms with Crippen LogP contribution in [0.2, 0.25) is 0 Å². The molecule has 2 amide bonds. The number of hydrogen-bond donors (Lipinski definition) is 1. The minimum absolute atomic E-state index is 0.0444. The molecule has 2 rings (SSSR count). The molecule has 17 heavy (non-hydrogen) atoms. The molecule has 0 atom stereocenters. The van der Waals surface area contributed by atoms with Crippen LogP contribution in [-0.2, 0) is 0 Å². The maximum absolute atomic E-state index is 11.8. The molecule has 0 aromatic rings. The summed E-state index contributed by atoms with van der Waals surface area (Å²) in [6.07, 6.45) is 3.84. The molecule has 1 aliphatic heterocycles. The summed E-state index contributed by atoms with van der Waals surface area (Å²) in [6, 6.07) is 2.99. The van der Waals surface area contributed by atoms with Gasteiger partial charge < -0.3 is 9.80 Å². The Balaban J connectivity index is 1.91. The molecule has 0 spiro atoms. The van der Waals surface area contributed by atoms with E-state index in [9.17, 15) is 10.1 Å². The second kappa shape index (κ2) is 4.53. The van der Waals surface area contributed by atoms with E-state index < -0.39 is 5.54 Å². The molecule has 2 fully saturated rings. The van der Waals surface area contributed by atoms with Crippen molar-refractivity contribution in [2.24, 2.45) is 0 Å². The van der Waals surface area contributed by atoms with E-state index in [1.165, 1.54) is 12.8 Å². The molecule has 0 radical (unpaired) electrons. The van der Waals surface area contributed by atoms with Gasteiger partial charge in [0.2, 0.25) is 0 Å². The predicted octanol–water partition coefficient (Wildman–Crippen LogP) is 0.778. The zero-order valence-corrected chi connectivity index (χ0v) is 10.6. The van der Waals surface area contributed by atoms with E-state index in [2.05, 4.69) is 11.4 Å². The van der Waals surface area contributed by atoms with Gasteiger partial charge in [-0.25, -0.2) is 4.79 Å². The first-order valence-electron chi connectivity index (χ1n) is 6.21. The minimum Gasteiger partial charge on any atom is -0.331 e. The van der Waals surface area contributed by atoms with Gasteiger partial charge in [0.15, 0.2) is 0 Å². The summed E-state index contributed by atoms with van der Waals surface area (Å²) < 4.78 is 0. The normalized spacial score (nSPS) is 23.0. The lowest BCUT2D eigenvalue weighted by Crippen LogP contribution is -2.55. The molecule has 1 aliphatic carbocycles. The van der Waals surface area contributed by atoms with Crippen LogP contribution in [0.15, 0.2) is 0 Å². The van der Waals surface area contributed by atoms with Gasteiger partial charge in [0.05, 0.1) is 6.07 Å². The Hall–Kier alpha value is -1.28. The Bertz CT molecular complexity index is 335. The number of nitrogens with one attached hydrogen (secondary N) is 1. The van der Waals surface area contributed by atoms with Crippen molar-refractivity contribution < 1.29 is 4.79 Å². The van der Waals surface area contributed by atoms with Crippen LogP contribution in [-0.4, -0.2) is 54.6 Å². The molecule has 0 bridgehead atoms. The lowest BCUT2D eigenvalue weighted by Gasteiger charge is -2.38. The summed E-state index contributed by atoms with van der Waals surface area (Å²) >= 11 is 0. The second-order valence-corrected chi connectivity index (χ2v) is 5.28. The lowest BCUT2D eigenvalue weighted by molar-refractivity contribution is 0.140. The Morgan fingerprint density at radius 1 is 1.41 bits per heavy atom. The average Bonchev–Trinajstić information content (AvgIpc) is 3.13. The fourth-order valence-electron chi connectivity index (χ4n) is 2.27. The fourth-order valence-corrected chi connectivity index (χ4v) is 2.27. The number of carbonyl (C=O) groups excluding carboxylic acids is 1. The predicted molar refractivity (Wildman–Crippen MR) is 64.4 cm³/mol. The third-order valence-corrected chi connectivity index (χ3v) is 3.54. The van der Waals surface area contributed by atoms with Crippen LogP contribution in [0.1, 0.15) is 25.7 Å². The van der Waals surface area contributed by atoms with Crippen molar-refractivity contribution >= 4 is 6.03 Å². The van der Waals surface area contributed by atoms with Gasteiger partial charge in [0.25, 0.3) is 0 Å². The highest BCUT2D eigenvalue weighted by Crippen LogP contribution is 2.28. The number of piperidine rings is 1. The van der Waals surface area contributed by atoms with Crippen molar-refractivity contribution in [2.75, 3.05) is 27.2 Å². The van der Waals surface area contributed by atoms with E-state index in [0.29, 0.717) is 19.1 Å². The first-order chi connectivity index (χ1) is 8.06. The van der Waals surface area contributed by atoms with Crippen LogP contribution in [0.3, 0.4) is 0 Å². The highest BCUT2D eigenvalue weighted by atomic mass is 16.2. The lowest BCUT2D eigenvalue weighted by atomic mass is 9.89. The molecule has 94 valence electrons. The van der Waals surface area contributed by atoms with Gasteiger partial charge in [0.1, 0.15) is 5.54 Å². The maximum Gasteiger partial charge on any atom is 0.319 e. The monoisotopic (exact) mass is 236 g/mol. The number of hydrogen-bond acceptors (Lipinski definition) is 3. The molecule has 1 saturated carbocycles. The smallest absolute Gasteiger partial charge is 0.319 e. The quantitative estimate of drug-likeness (QED) is 0.770. The van der Waals surface area contributed by atoms with Gasteiger partial charge in [-0.15, -0.1) is 0 Å². The van der Waals surface area contributed by atoms with Crippen molar-refractivity contribution in [3.05, 3.63) is 0 Å². The van der Waals surface area contributed by atoms with E-state index in [1.54, 1.807) is 19.0 Å². The molecule has 0 unspecified atom stereocenters. The van der Waals surface area contributed by atoms with Crippen molar-refractivity contribution in [1.29, 1.82) is 5.26 Å². The molecule has 5 heteroatoms. The minimum atomic E-state index is -0.399. The van der Waals surface area contributed by atoms with Crippen LogP contribution < -0.4 is 5.32 Å². The number of nitrogens with zero attached hydrogens (tertiary/aromatic N) is 3. The van der Waals surface area contributed by atoms with Gasteiger partial charge in [-0.3, -0.25) is 5.32 Å². The number of amides is 2. The topological polar surface area (TPSA) is 59.4 Å². The van der Waals surface area contributed by atoms with Gasteiger partial charge in [-0.2, -0.15) is 5.26 Å². The number of urea groups is 1. The zero-order chi connectivity index (χ0) is 12.5. The van der Waals surface area contributed by atoms with Crippen molar-refractivity contribution in [3.63, 3.8) is 0 Å². The van der Waals surface area contributed by atoms with Crippen LogP contribution in [0.4, 0.5) is 4.79 Å². The molecule has 1 saturated heterocycles. The highest BCUT2D eigenvalue weighted by Gasteiger charge is 2.40. The maximum atomic E-state index is 11.8. The van der Waals surface area contributed by atoms with E-state index in [0.717, 1.165) is 12.8 Å². The van der Waals surface area contributed by atoms with Crippen LogP contribution in [0.25, 0.3) is 0 Å². The van der Waals surface area contributed by atoms with E-state index in [-0.39, 0.29) is 6.03 Å². The third-order valence-electron chi connectivity index (χ3n) is 3.54. The molecule has 1 heterocycles. The van der Waals surface area contributed by atoms with Gasteiger partial charge in [0, 0.05) is 33.2 Å². The van der Waals surface area contributed by atoms with Crippen molar-refractivity contribution in [2.45, 2.75) is 37.3 Å². The van der Waals surface area contributed by atoms with Crippen LogP contribution in [0.5, 0.6) is 0 Å². The Morgan fingerprint density at radius 2 is 2.00 bits per heavy atom. The zero-order valence-electron chi connectivity index (χ0n) is 10.6. The molecular formula is C12H20N4O. The Labute approximate surface area is 102 Å². The van der Waals surface area contributed by atoms with Gasteiger partial charge >= 0.3 is 6.03 Å². The Kier molecular flexibility index (Phi) is 3.25. The summed E-state index contributed by atoms with van der Waals surface area (Å²) in [5.41, 5.74) is -0.399. The van der Waals surface area contributed by atoms with E-state index in [4.69, 9.17) is 0 Å². The fraction of sp³-hybridized carbons (Fsp3) is 0.833. The average molecular weight is 236 g/mol. The Morgan fingerprint density at radius 3 is 2.41 bits per heavy atom. The molecular weight excluding hydrogens is 216 g/mol. The number of nitriles is 1. The summed E-state index contributed by atoms with van der Waals surface area (Å²) in [4.78, 5) is 15.2. The van der Waals surface area contributed by atoms with Crippen LogP contribution >= 0.6 is 0 Å². The summed E-state index contributed by atoms with van der Waals surface area (Å²) in [6.45, 7) is 1.34. The summed E-state index contributed by atoms with van der Waals surface area (Å²) in [7, 11) is 3.52. The number of rotatable bonds is 2. The first-order valence-corrected chi connectivity index (χ1v) is 6.21. The van der Waals surface area contributed by atoms with E-state index >= 15 is 0 Å². The van der Waals surface area contributed by atoms with Gasteiger partial charge in [-0.1, -0.05) is 0 Å². The standard InChI is InChI=1S/C12H20N4O/c1-15(2)11(17)16-7-5-12(9-13,6-8-16)14-10-3-4-10/h10,14H,3-8H2,1-2H3. The molecule has 5 nitrogen and oxygen atoms in total. The van der Waals surface area contributed by atoms with E-state index in [1.807, 2.05) is 4.90 Å². The van der Waals surface area contributed by atoms with Crippen molar-refractivity contribution in [1.82, 2.24) is 15.1 Å². The largest absolute Gasteiger partial charge is 0.331 e. The highest BCUT2D eigenvalue weighted by molar-refractivity contribution is 5.74. The number of carbonyl (C=O) groups is 1. The molecule has 0 aromatic heterocycles. The molecule has 0 aromatic carbocycles. The summed E-state index contributed by atoms with van der Waals surface area (Å²) in [5, 5.41) is 12.8. The third kappa shape index (κ3) is 2.70. The number of likely N-dealkylation sites (tertiary alicyclic amines) is 1. The first kappa shape index (κ1) is 12.2. The molecule has 2 aliphatic rings. The second-order valence-electron chi connectivity index (χ2n) is 5.28. The van der Waals surface area contributed by atoms with Crippen LogP contribution in [0, 0.1) is 11.3 Å². The van der Waals surface area contributed by atoms with Crippen molar-refractivity contribution in [3.8, 4) is 6.07 Å². The SMILES string of the molecule is CN(C)C(=O)N1CCC(C#N)(NC2CC2)CC1. The van der Waals surface area contributed by atoms with Gasteiger partial charge in [-0.05, 0) is 25.7 Å². The molecule has 1 N–H and O–H groups in total.